The van der Waals surface area contributed by atoms with Crippen molar-refractivity contribution in [3.05, 3.63) is 126 Å². The van der Waals surface area contributed by atoms with Crippen molar-refractivity contribution < 1.29 is 33.8 Å². The van der Waals surface area contributed by atoms with E-state index in [1.54, 1.807) is 97.9 Å². The number of carboxylic acids is 1. The molecule has 0 bridgehead atoms. The summed E-state index contributed by atoms with van der Waals surface area (Å²) in [4.78, 5) is 62.1. The lowest BCUT2D eigenvalue weighted by molar-refractivity contribution is -0.139. The number of hydrogen-bond acceptors (Lipinski definition) is 8. The highest BCUT2D eigenvalue weighted by Gasteiger charge is 2.41. The van der Waals surface area contributed by atoms with Crippen LogP contribution in [0.1, 0.15) is 52.5 Å². The first-order valence-corrected chi connectivity index (χ1v) is 14.5. The predicted octanol–water partition coefficient (Wildman–Crippen LogP) is 5.50. The van der Waals surface area contributed by atoms with E-state index in [-0.39, 0.29) is 18.7 Å². The van der Waals surface area contributed by atoms with Crippen molar-refractivity contribution in [2.75, 3.05) is 19.0 Å². The van der Waals surface area contributed by atoms with Crippen molar-refractivity contribution in [2.45, 2.75) is 31.3 Å². The number of rotatable bonds is 11. The van der Waals surface area contributed by atoms with E-state index >= 15 is 0 Å². The molecule has 5 rings (SSSR count). The van der Waals surface area contributed by atoms with Gasteiger partial charge in [0, 0.05) is 29.8 Å². The molecule has 11 heteroatoms. The number of methoxy groups -OCH3 is 1. The average molecular weight is 621 g/mol. The van der Waals surface area contributed by atoms with Gasteiger partial charge in [0.2, 0.25) is 5.91 Å². The second-order valence-electron chi connectivity index (χ2n) is 10.6. The third-order valence-electron chi connectivity index (χ3n) is 7.69. The molecule has 3 aromatic carbocycles. The fourth-order valence-corrected chi connectivity index (χ4v) is 5.35. The Labute approximate surface area is 265 Å². The number of imide groups is 1. The quantitative estimate of drug-likeness (QED) is 0.209. The Morgan fingerprint density at radius 2 is 1.70 bits per heavy atom. The fraction of sp³-hybridized carbons (Fsp3) is 0.200. The summed E-state index contributed by atoms with van der Waals surface area (Å²) in [6.45, 7) is 1.63. The molecule has 1 fully saturated rings. The monoisotopic (exact) mass is 620 g/mol. The number of benzene rings is 3. The summed E-state index contributed by atoms with van der Waals surface area (Å²) in [7, 11) is 1.51. The molecular formula is C35H32N4O7. The molecule has 3 amide bonds. The molecule has 1 aromatic heterocycles. The van der Waals surface area contributed by atoms with E-state index in [9.17, 15) is 24.3 Å². The van der Waals surface area contributed by atoms with Gasteiger partial charge in [-0.05, 0) is 48.4 Å². The number of aliphatic carboxylic acids is 1. The number of cyclic esters (lactones) is 1. The summed E-state index contributed by atoms with van der Waals surface area (Å²) in [5.41, 5.74) is 2.66. The second-order valence-corrected chi connectivity index (χ2v) is 10.6. The van der Waals surface area contributed by atoms with Gasteiger partial charge in [0.25, 0.3) is 5.91 Å². The highest BCUT2D eigenvalue weighted by Crippen LogP contribution is 2.34. The summed E-state index contributed by atoms with van der Waals surface area (Å²) in [5.74, 6) is -2.75. The zero-order valence-electron chi connectivity index (χ0n) is 25.2. The molecule has 0 unspecified atom stereocenters. The summed E-state index contributed by atoms with van der Waals surface area (Å²) in [5, 5.41) is 13.3. The summed E-state index contributed by atoms with van der Waals surface area (Å²) < 4.78 is 10.5. The van der Waals surface area contributed by atoms with Gasteiger partial charge in [-0.1, -0.05) is 66.7 Å². The van der Waals surface area contributed by atoms with Crippen molar-refractivity contribution in [3.63, 3.8) is 0 Å². The number of nitrogens with one attached hydrogen (secondary N) is 1. The van der Waals surface area contributed by atoms with E-state index in [4.69, 9.17) is 9.47 Å². The molecule has 0 radical (unpaired) electrons. The molecule has 2 heterocycles. The normalized spacial score (nSPS) is 15.9. The lowest BCUT2D eigenvalue weighted by Crippen LogP contribution is -2.38. The number of hydrogen-bond donors (Lipinski definition) is 2. The van der Waals surface area contributed by atoms with Crippen LogP contribution in [0.2, 0.25) is 0 Å². The minimum atomic E-state index is -1.44. The molecule has 0 saturated carbocycles. The lowest BCUT2D eigenvalue weighted by atomic mass is 9.87. The minimum Gasteiger partial charge on any atom is -0.497 e. The standard InChI is InChI=1S/C35H32N4O7/c1-22(26-12-6-7-13-28(26)38-33(41)29-14-8-9-19-36-29)37-32(34(42)43)27(23-15-17-25(45-2)18-16-23)20-31(40)39-30(21-46-35(39)44)24-10-4-3-5-11-24/h3-19,27,30,32H,20-21H2,1-2H3,(H,38,41)(H,42,43)/t27-,30-,32+/m0/s1. The molecule has 1 saturated heterocycles. The van der Waals surface area contributed by atoms with Crippen molar-refractivity contribution >= 4 is 35.3 Å². The van der Waals surface area contributed by atoms with Crippen LogP contribution in [-0.4, -0.2) is 64.3 Å². The second kappa shape index (κ2) is 14.3. The Kier molecular flexibility index (Phi) is 9.81. The van der Waals surface area contributed by atoms with Gasteiger partial charge in [-0.2, -0.15) is 0 Å². The molecule has 1 aliphatic rings. The molecule has 11 nitrogen and oxygen atoms in total. The van der Waals surface area contributed by atoms with E-state index in [2.05, 4.69) is 15.3 Å². The number of carbonyl (C=O) groups excluding carboxylic acids is 3. The Morgan fingerprint density at radius 3 is 2.37 bits per heavy atom. The van der Waals surface area contributed by atoms with Crippen LogP contribution in [0.15, 0.2) is 108 Å². The molecule has 0 aliphatic carbocycles. The van der Waals surface area contributed by atoms with Gasteiger partial charge < -0.3 is 19.9 Å². The number of amides is 3. The third-order valence-corrected chi connectivity index (χ3v) is 7.69. The average Bonchev–Trinajstić information content (AvgIpc) is 3.48. The highest BCUT2D eigenvalue weighted by molar-refractivity contribution is 6.10. The lowest BCUT2D eigenvalue weighted by Gasteiger charge is -2.26. The van der Waals surface area contributed by atoms with Crippen molar-refractivity contribution in [2.24, 2.45) is 4.99 Å². The molecule has 234 valence electrons. The first-order valence-electron chi connectivity index (χ1n) is 14.5. The van der Waals surface area contributed by atoms with Crippen LogP contribution in [0.5, 0.6) is 5.75 Å². The van der Waals surface area contributed by atoms with Gasteiger partial charge in [-0.25, -0.2) is 14.5 Å². The number of para-hydroxylation sites is 1. The van der Waals surface area contributed by atoms with Gasteiger partial charge in [0.05, 0.1) is 12.8 Å². The number of aliphatic imine (C=N–C) groups is 1. The summed E-state index contributed by atoms with van der Waals surface area (Å²) in [6.07, 6.45) is 0.364. The zero-order valence-corrected chi connectivity index (χ0v) is 25.2. The number of ether oxygens (including phenoxy) is 2. The number of nitrogens with zero attached hydrogens (tertiary/aromatic N) is 3. The molecule has 2 N–H and O–H groups in total. The number of pyridine rings is 1. The maximum atomic E-state index is 13.8. The van der Waals surface area contributed by atoms with Crippen LogP contribution in [0.3, 0.4) is 0 Å². The van der Waals surface area contributed by atoms with E-state index in [1.807, 2.05) is 6.07 Å². The molecular weight excluding hydrogens is 588 g/mol. The van der Waals surface area contributed by atoms with Crippen LogP contribution in [0.25, 0.3) is 0 Å². The summed E-state index contributed by atoms with van der Waals surface area (Å²) >= 11 is 0. The van der Waals surface area contributed by atoms with E-state index in [0.29, 0.717) is 28.3 Å². The number of carboxylic acid groups (broad SMARTS) is 1. The molecule has 46 heavy (non-hydrogen) atoms. The maximum Gasteiger partial charge on any atom is 0.417 e. The first kappa shape index (κ1) is 31.6. The van der Waals surface area contributed by atoms with E-state index in [1.165, 1.54) is 13.3 Å². The fourth-order valence-electron chi connectivity index (χ4n) is 5.35. The molecule has 1 aliphatic heterocycles. The van der Waals surface area contributed by atoms with Crippen LogP contribution in [0, 0.1) is 0 Å². The Hall–Kier alpha value is -5.84. The molecule has 4 aromatic rings. The predicted molar refractivity (Wildman–Crippen MR) is 170 cm³/mol. The van der Waals surface area contributed by atoms with E-state index < -0.39 is 41.9 Å². The minimum absolute atomic E-state index is 0.0115. The number of anilines is 1. The maximum absolute atomic E-state index is 13.8. The molecule has 3 atom stereocenters. The smallest absolute Gasteiger partial charge is 0.417 e. The van der Waals surface area contributed by atoms with E-state index in [0.717, 1.165) is 10.5 Å². The zero-order chi connectivity index (χ0) is 32.6. The van der Waals surface area contributed by atoms with Gasteiger partial charge in [-0.15, -0.1) is 0 Å². The SMILES string of the molecule is COc1ccc([C@H](CC(=O)N2C(=O)OC[C@H]2c2ccccc2)[C@@H](N=C(C)c2ccccc2NC(=O)c2ccccn2)C(=O)O)cc1. The van der Waals surface area contributed by atoms with Crippen molar-refractivity contribution in [1.29, 1.82) is 0 Å². The largest absolute Gasteiger partial charge is 0.497 e. The Morgan fingerprint density at radius 1 is 1.00 bits per heavy atom. The van der Waals surface area contributed by atoms with Crippen LogP contribution in [0.4, 0.5) is 10.5 Å². The van der Waals surface area contributed by atoms with Gasteiger partial charge in [0.1, 0.15) is 24.1 Å². The van der Waals surface area contributed by atoms with Crippen molar-refractivity contribution in [3.8, 4) is 5.75 Å². The summed E-state index contributed by atoms with van der Waals surface area (Å²) in [6, 6.07) is 25.5. The Balaban J connectivity index is 1.49. The number of carbonyl (C=O) groups is 4. The van der Waals surface area contributed by atoms with Crippen LogP contribution < -0.4 is 10.1 Å². The third kappa shape index (κ3) is 7.10. The highest BCUT2D eigenvalue weighted by atomic mass is 16.6. The van der Waals surface area contributed by atoms with Gasteiger partial charge in [-0.3, -0.25) is 19.6 Å². The van der Waals surface area contributed by atoms with Gasteiger partial charge >= 0.3 is 12.1 Å². The van der Waals surface area contributed by atoms with Crippen LogP contribution in [-0.2, 0) is 14.3 Å². The molecule has 0 spiro atoms. The van der Waals surface area contributed by atoms with Gasteiger partial charge in [0.15, 0.2) is 6.04 Å². The van der Waals surface area contributed by atoms with Crippen LogP contribution >= 0.6 is 0 Å². The first-order chi connectivity index (χ1) is 22.3. The van der Waals surface area contributed by atoms with Crippen molar-refractivity contribution in [1.82, 2.24) is 9.88 Å². The Bertz CT molecular complexity index is 1740. The number of aromatic nitrogens is 1. The topological polar surface area (TPSA) is 147 Å².